The van der Waals surface area contributed by atoms with Crippen molar-refractivity contribution in [1.82, 2.24) is 4.98 Å². The molecule has 0 fully saturated rings. The van der Waals surface area contributed by atoms with Gasteiger partial charge in [-0.25, -0.2) is 9.78 Å². The number of nitrogens with zero attached hydrogens (tertiary/aromatic N) is 1. The van der Waals surface area contributed by atoms with E-state index >= 15 is 0 Å². The molecule has 0 saturated carbocycles. The van der Waals surface area contributed by atoms with E-state index in [1.165, 1.54) is 0 Å². The van der Waals surface area contributed by atoms with Crippen LogP contribution in [0.25, 0.3) is 33.3 Å². The Morgan fingerprint density at radius 1 is 0.968 bits per heavy atom. The molecule has 0 aliphatic carbocycles. The lowest BCUT2D eigenvalue weighted by molar-refractivity contribution is 0.0696. The van der Waals surface area contributed by atoms with Gasteiger partial charge in [0.2, 0.25) is 0 Å². The molecule has 0 aliphatic rings. The van der Waals surface area contributed by atoms with E-state index < -0.39 is 5.97 Å². The topological polar surface area (TPSA) is 72.6 Å². The molecule has 0 bridgehead atoms. The summed E-state index contributed by atoms with van der Waals surface area (Å²) in [5.74, 6) is 0.362. The summed E-state index contributed by atoms with van der Waals surface area (Å²) in [4.78, 5) is 15.8. The van der Waals surface area contributed by atoms with Gasteiger partial charge in [0, 0.05) is 15.8 Å². The highest BCUT2D eigenvalue weighted by Gasteiger charge is 2.10. The van der Waals surface area contributed by atoms with Crippen molar-refractivity contribution in [2.45, 2.75) is 6.61 Å². The molecule has 5 rings (SSSR count). The minimum Gasteiger partial charge on any atom is -0.489 e. The Morgan fingerprint density at radius 3 is 2.71 bits per heavy atom. The monoisotopic (exact) mass is 429 g/mol. The maximum Gasteiger partial charge on any atom is 0.335 e. The molecule has 0 spiro atoms. The van der Waals surface area contributed by atoms with E-state index in [1.54, 1.807) is 18.2 Å². The number of fused-ring (bicyclic) bond motifs is 2. The summed E-state index contributed by atoms with van der Waals surface area (Å²) in [6.45, 7) is 0.268. The van der Waals surface area contributed by atoms with Gasteiger partial charge in [-0.05, 0) is 60.2 Å². The lowest BCUT2D eigenvalue weighted by Gasteiger charge is -2.07. The van der Waals surface area contributed by atoms with Gasteiger partial charge in [-0.3, -0.25) is 0 Å². The Hall–Kier alpha value is -3.83. The number of pyridine rings is 1. The fourth-order valence-corrected chi connectivity index (χ4v) is 3.59. The van der Waals surface area contributed by atoms with Crippen LogP contribution in [0, 0.1) is 0 Å². The van der Waals surface area contributed by atoms with E-state index in [4.69, 9.17) is 25.9 Å². The van der Waals surface area contributed by atoms with Crippen molar-refractivity contribution in [2.24, 2.45) is 0 Å². The zero-order valence-electron chi connectivity index (χ0n) is 16.2. The van der Waals surface area contributed by atoms with Crippen LogP contribution in [0.2, 0.25) is 5.02 Å². The standard InChI is InChI=1S/C25H16ClNO4/c26-19-6-4-16-5-8-21(27-22(16)13-19)24-12-18-11-20(7-9-23(18)31-24)30-14-15-2-1-3-17(10-15)25(28)29/h1-13H,14H2,(H,28,29). The van der Waals surface area contributed by atoms with Crippen molar-refractivity contribution in [3.63, 3.8) is 0 Å². The summed E-state index contributed by atoms with van der Waals surface area (Å²) in [6.07, 6.45) is 0. The average Bonchev–Trinajstić information content (AvgIpc) is 3.21. The van der Waals surface area contributed by atoms with E-state index in [2.05, 4.69) is 4.98 Å². The second-order valence-electron chi connectivity index (χ2n) is 7.14. The van der Waals surface area contributed by atoms with E-state index in [-0.39, 0.29) is 12.2 Å². The Kier molecular flexibility index (Phi) is 4.81. The second-order valence-corrected chi connectivity index (χ2v) is 7.57. The number of carboxylic acids is 1. The number of hydrogen-bond donors (Lipinski definition) is 1. The Morgan fingerprint density at radius 2 is 1.84 bits per heavy atom. The fourth-order valence-electron chi connectivity index (χ4n) is 3.43. The van der Waals surface area contributed by atoms with Crippen LogP contribution in [-0.4, -0.2) is 16.1 Å². The maximum absolute atomic E-state index is 11.1. The zero-order chi connectivity index (χ0) is 21.4. The predicted octanol–water partition coefficient (Wildman–Crippen LogP) is 6.58. The number of aromatic carboxylic acids is 1. The van der Waals surface area contributed by atoms with Gasteiger partial charge in [-0.2, -0.15) is 0 Å². The van der Waals surface area contributed by atoms with Crippen molar-refractivity contribution in [3.05, 3.63) is 95.0 Å². The Labute approximate surface area is 182 Å². The summed E-state index contributed by atoms with van der Waals surface area (Å²) in [5, 5.41) is 11.6. The van der Waals surface area contributed by atoms with Crippen molar-refractivity contribution in [3.8, 4) is 17.2 Å². The molecule has 5 nitrogen and oxygen atoms in total. The number of furan rings is 1. The van der Waals surface area contributed by atoms with Crippen LogP contribution in [0.5, 0.6) is 5.75 Å². The van der Waals surface area contributed by atoms with Gasteiger partial charge in [0.15, 0.2) is 5.76 Å². The molecule has 1 N–H and O–H groups in total. The van der Waals surface area contributed by atoms with E-state index in [0.29, 0.717) is 16.5 Å². The molecule has 0 saturated heterocycles. The third-order valence-corrected chi connectivity index (χ3v) is 5.21. The average molecular weight is 430 g/mol. The summed E-state index contributed by atoms with van der Waals surface area (Å²) in [6, 6.07) is 23.7. The summed E-state index contributed by atoms with van der Waals surface area (Å²) >= 11 is 6.09. The summed E-state index contributed by atoms with van der Waals surface area (Å²) < 4.78 is 11.8. The first-order valence-electron chi connectivity index (χ1n) is 9.60. The van der Waals surface area contributed by atoms with Gasteiger partial charge in [-0.1, -0.05) is 35.9 Å². The number of carbonyl (C=O) groups is 1. The van der Waals surface area contributed by atoms with Gasteiger partial charge in [-0.15, -0.1) is 0 Å². The van der Waals surface area contributed by atoms with Crippen LogP contribution in [0.1, 0.15) is 15.9 Å². The maximum atomic E-state index is 11.1. The molecule has 31 heavy (non-hydrogen) atoms. The van der Waals surface area contributed by atoms with Crippen LogP contribution in [0.15, 0.2) is 83.3 Å². The molecule has 2 heterocycles. The molecular weight excluding hydrogens is 414 g/mol. The zero-order valence-corrected chi connectivity index (χ0v) is 17.0. The summed E-state index contributed by atoms with van der Waals surface area (Å²) in [7, 11) is 0. The van der Waals surface area contributed by atoms with Crippen molar-refractivity contribution in [1.29, 1.82) is 0 Å². The van der Waals surface area contributed by atoms with Crippen LogP contribution in [0.4, 0.5) is 0 Å². The molecule has 0 amide bonds. The van der Waals surface area contributed by atoms with Gasteiger partial charge in [0.1, 0.15) is 23.6 Å². The quantitative estimate of drug-likeness (QED) is 0.341. The molecule has 0 atom stereocenters. The highest BCUT2D eigenvalue weighted by molar-refractivity contribution is 6.31. The van der Waals surface area contributed by atoms with Crippen molar-refractivity contribution in [2.75, 3.05) is 0 Å². The van der Waals surface area contributed by atoms with Crippen molar-refractivity contribution >= 4 is 39.4 Å². The van der Waals surface area contributed by atoms with Crippen LogP contribution < -0.4 is 4.74 Å². The lowest BCUT2D eigenvalue weighted by Crippen LogP contribution is -2.00. The number of carboxylic acid groups (broad SMARTS) is 1. The number of aromatic nitrogens is 1. The number of ether oxygens (including phenoxy) is 1. The lowest BCUT2D eigenvalue weighted by atomic mass is 10.1. The number of hydrogen-bond acceptors (Lipinski definition) is 4. The first kappa shape index (κ1) is 19.2. The number of halogens is 1. The molecule has 3 aromatic carbocycles. The highest BCUT2D eigenvalue weighted by Crippen LogP contribution is 2.31. The fraction of sp³-hybridized carbons (Fsp3) is 0.0400. The molecule has 2 aromatic heterocycles. The molecule has 152 valence electrons. The van der Waals surface area contributed by atoms with Gasteiger partial charge < -0.3 is 14.3 Å². The van der Waals surface area contributed by atoms with E-state index in [1.807, 2.05) is 60.7 Å². The normalized spacial score (nSPS) is 11.1. The first-order valence-corrected chi connectivity index (χ1v) is 9.98. The van der Waals surface area contributed by atoms with E-state index in [9.17, 15) is 4.79 Å². The molecule has 5 aromatic rings. The highest BCUT2D eigenvalue weighted by atomic mass is 35.5. The Balaban J connectivity index is 1.40. The van der Waals surface area contributed by atoms with Gasteiger partial charge in [0.05, 0.1) is 11.1 Å². The smallest absolute Gasteiger partial charge is 0.335 e. The van der Waals surface area contributed by atoms with Gasteiger partial charge >= 0.3 is 5.97 Å². The predicted molar refractivity (Wildman–Crippen MR) is 120 cm³/mol. The van der Waals surface area contributed by atoms with Crippen LogP contribution in [0.3, 0.4) is 0 Å². The molecule has 0 aliphatic heterocycles. The van der Waals surface area contributed by atoms with Crippen LogP contribution >= 0.6 is 11.6 Å². The molecule has 0 radical (unpaired) electrons. The number of benzene rings is 3. The molecular formula is C25H16ClNO4. The van der Waals surface area contributed by atoms with Crippen LogP contribution in [-0.2, 0) is 6.61 Å². The molecule has 0 unspecified atom stereocenters. The summed E-state index contributed by atoms with van der Waals surface area (Å²) in [5.41, 5.74) is 3.27. The first-order chi connectivity index (χ1) is 15.0. The third kappa shape index (κ3) is 3.96. The van der Waals surface area contributed by atoms with E-state index in [0.717, 1.165) is 33.1 Å². The SMILES string of the molecule is O=C(O)c1cccc(COc2ccc3oc(-c4ccc5ccc(Cl)cc5n4)cc3c2)c1. The largest absolute Gasteiger partial charge is 0.489 e. The third-order valence-electron chi connectivity index (χ3n) is 4.97. The minimum absolute atomic E-state index is 0.236. The van der Waals surface area contributed by atoms with Crippen molar-refractivity contribution < 1.29 is 19.1 Å². The van der Waals surface area contributed by atoms with Gasteiger partial charge in [0.25, 0.3) is 0 Å². The minimum atomic E-state index is -0.959. The Bertz CT molecular complexity index is 1440. The number of rotatable bonds is 5. The molecule has 6 heteroatoms. The second kappa shape index (κ2) is 7.78.